The molecule has 0 spiro atoms. The highest BCUT2D eigenvalue weighted by molar-refractivity contribution is 5.34. The molecular formula is C15H12O. The maximum Gasteiger partial charge on any atom is 0.0939 e. The average molecular weight is 208 g/mol. The largest absolute Gasteiger partial charge is 0.387 e. The Kier molecular flexibility index (Phi) is 3.10. The lowest BCUT2D eigenvalue weighted by Gasteiger charge is -2.19. The monoisotopic (exact) mass is 208 g/mol. The summed E-state index contributed by atoms with van der Waals surface area (Å²) in [4.78, 5) is 0. The average Bonchev–Trinajstić information content (AvgIpc) is 2.39. The van der Waals surface area contributed by atoms with Crippen LogP contribution in [0.4, 0.5) is 0 Å². The van der Waals surface area contributed by atoms with E-state index in [0.29, 0.717) is 0 Å². The fourth-order valence-corrected chi connectivity index (χ4v) is 1.61. The van der Waals surface area contributed by atoms with E-state index in [2.05, 4.69) is 22.9 Å². The summed E-state index contributed by atoms with van der Waals surface area (Å²) in [5.74, 6) is -0.0236. The lowest BCUT2D eigenvalue weighted by Crippen LogP contribution is -2.20. The van der Waals surface area contributed by atoms with Gasteiger partial charge in [0.1, 0.15) is 0 Å². The molecule has 0 saturated heterocycles. The third-order valence-corrected chi connectivity index (χ3v) is 2.63. The summed E-state index contributed by atoms with van der Waals surface area (Å²) >= 11 is 0. The van der Waals surface area contributed by atoms with Gasteiger partial charge in [-0.2, -0.15) is 0 Å². The molecule has 0 aromatic heterocycles. The number of aliphatic hydroxyl groups is 1. The van der Waals surface area contributed by atoms with Crippen LogP contribution in [0.5, 0.6) is 0 Å². The van der Waals surface area contributed by atoms with Gasteiger partial charge in [-0.25, -0.2) is 0 Å². The standard InChI is InChI=1S/C15H12O/c1-12(13-8-4-2-5-9-13)15(16)14-10-6-3-7-11-14/h2-4,6,8,10,12,15-16H,1H3. The zero-order chi connectivity index (χ0) is 11.4. The fourth-order valence-electron chi connectivity index (χ4n) is 1.61. The molecule has 1 N–H and O–H groups in total. The maximum absolute atomic E-state index is 10.2. The van der Waals surface area contributed by atoms with Gasteiger partial charge in [0, 0.05) is 17.1 Å². The Hall–Kier alpha value is -1.96. The third-order valence-electron chi connectivity index (χ3n) is 2.63. The van der Waals surface area contributed by atoms with Gasteiger partial charge in [-0.3, -0.25) is 0 Å². The molecule has 0 aromatic carbocycles. The maximum atomic E-state index is 10.2. The van der Waals surface area contributed by atoms with Crippen LogP contribution in [-0.4, -0.2) is 11.2 Å². The van der Waals surface area contributed by atoms with Crippen LogP contribution in [0.3, 0.4) is 0 Å². The van der Waals surface area contributed by atoms with E-state index < -0.39 is 6.10 Å². The van der Waals surface area contributed by atoms with Crippen LogP contribution in [0.15, 0.2) is 70.5 Å². The normalized spacial score (nSPS) is 19.6. The molecule has 2 aliphatic carbocycles. The van der Waals surface area contributed by atoms with Crippen molar-refractivity contribution in [2.45, 2.75) is 13.0 Å². The van der Waals surface area contributed by atoms with Crippen LogP contribution in [0, 0.1) is 5.92 Å². The molecule has 2 unspecified atom stereocenters. The number of hydrogen-bond acceptors (Lipinski definition) is 1. The first-order valence-electron chi connectivity index (χ1n) is 5.23. The molecule has 0 fully saturated rings. The van der Waals surface area contributed by atoms with Crippen molar-refractivity contribution in [3.63, 3.8) is 0 Å². The van der Waals surface area contributed by atoms with Crippen molar-refractivity contribution in [2.75, 3.05) is 0 Å². The van der Waals surface area contributed by atoms with E-state index in [4.69, 9.17) is 0 Å². The summed E-state index contributed by atoms with van der Waals surface area (Å²) in [6.45, 7) is 1.96. The molecule has 2 aliphatic rings. The molecule has 0 heterocycles. The van der Waals surface area contributed by atoms with E-state index in [1.807, 2.05) is 31.2 Å². The van der Waals surface area contributed by atoms with Gasteiger partial charge in [0.15, 0.2) is 0 Å². The van der Waals surface area contributed by atoms with Gasteiger partial charge in [0.05, 0.1) is 6.10 Å². The minimum Gasteiger partial charge on any atom is -0.387 e. The Balaban J connectivity index is 2.27. The van der Waals surface area contributed by atoms with E-state index >= 15 is 0 Å². The molecule has 1 nitrogen and oxygen atoms in total. The first-order chi connectivity index (χ1) is 7.79. The summed E-state index contributed by atoms with van der Waals surface area (Å²) in [6, 6.07) is 0. The molecule has 78 valence electrons. The minimum absolute atomic E-state index is 0.0236. The van der Waals surface area contributed by atoms with Crippen LogP contribution >= 0.6 is 0 Å². The molecule has 2 atom stereocenters. The molecule has 0 saturated carbocycles. The molecule has 0 amide bonds. The van der Waals surface area contributed by atoms with Crippen molar-refractivity contribution in [1.29, 1.82) is 0 Å². The molecule has 0 aliphatic heterocycles. The van der Waals surface area contributed by atoms with Crippen molar-refractivity contribution >= 4 is 0 Å². The van der Waals surface area contributed by atoms with Crippen molar-refractivity contribution in [3.05, 3.63) is 70.5 Å². The molecule has 2 rings (SSSR count). The van der Waals surface area contributed by atoms with Gasteiger partial charge in [0.25, 0.3) is 0 Å². The Bertz CT molecular complexity index is 494. The zero-order valence-electron chi connectivity index (χ0n) is 9.07. The number of allylic oxidation sites excluding steroid dienone is 5. The van der Waals surface area contributed by atoms with Crippen molar-refractivity contribution in [1.82, 2.24) is 0 Å². The van der Waals surface area contributed by atoms with Crippen LogP contribution in [0.1, 0.15) is 6.92 Å². The van der Waals surface area contributed by atoms with Crippen molar-refractivity contribution in [3.8, 4) is 0 Å². The van der Waals surface area contributed by atoms with Gasteiger partial charge in [-0.1, -0.05) is 42.0 Å². The lowest BCUT2D eigenvalue weighted by atomic mass is 9.89. The van der Waals surface area contributed by atoms with E-state index in [1.54, 1.807) is 12.2 Å². The highest BCUT2D eigenvalue weighted by Gasteiger charge is 2.20. The summed E-state index contributed by atoms with van der Waals surface area (Å²) in [5, 5.41) is 10.2. The Morgan fingerprint density at radius 3 is 2.06 bits per heavy atom. The Labute approximate surface area is 95.1 Å². The first-order valence-corrected chi connectivity index (χ1v) is 5.23. The van der Waals surface area contributed by atoms with E-state index in [9.17, 15) is 5.11 Å². The van der Waals surface area contributed by atoms with E-state index in [0.717, 1.165) is 11.1 Å². The highest BCUT2D eigenvalue weighted by Crippen LogP contribution is 2.22. The molecular weight excluding hydrogens is 196 g/mol. The molecule has 0 radical (unpaired) electrons. The summed E-state index contributed by atoms with van der Waals surface area (Å²) in [6.07, 6.45) is 10.5. The lowest BCUT2D eigenvalue weighted by molar-refractivity contribution is 0.173. The van der Waals surface area contributed by atoms with Crippen LogP contribution < -0.4 is 0 Å². The molecule has 16 heavy (non-hydrogen) atoms. The number of rotatable bonds is 3. The Morgan fingerprint density at radius 2 is 1.56 bits per heavy atom. The smallest absolute Gasteiger partial charge is 0.0939 e. The van der Waals surface area contributed by atoms with Gasteiger partial charge in [0.2, 0.25) is 0 Å². The third kappa shape index (κ3) is 2.16. The van der Waals surface area contributed by atoms with Crippen LogP contribution in [-0.2, 0) is 0 Å². The predicted molar refractivity (Wildman–Crippen MR) is 63.7 cm³/mol. The molecule has 0 aromatic rings. The second-order valence-corrected chi connectivity index (χ2v) is 3.73. The van der Waals surface area contributed by atoms with Crippen LogP contribution in [0.2, 0.25) is 0 Å². The van der Waals surface area contributed by atoms with Gasteiger partial charge < -0.3 is 5.11 Å². The molecule has 1 heteroatoms. The van der Waals surface area contributed by atoms with E-state index in [-0.39, 0.29) is 5.92 Å². The van der Waals surface area contributed by atoms with Gasteiger partial charge in [-0.05, 0) is 24.3 Å². The van der Waals surface area contributed by atoms with Gasteiger partial charge >= 0.3 is 0 Å². The summed E-state index contributed by atoms with van der Waals surface area (Å²) < 4.78 is 0. The second-order valence-electron chi connectivity index (χ2n) is 3.73. The first kappa shape index (κ1) is 10.6. The van der Waals surface area contributed by atoms with E-state index in [1.165, 1.54) is 0 Å². The molecule has 0 bridgehead atoms. The van der Waals surface area contributed by atoms with Crippen molar-refractivity contribution < 1.29 is 5.11 Å². The second kappa shape index (κ2) is 4.71. The zero-order valence-corrected chi connectivity index (χ0v) is 9.07. The quantitative estimate of drug-likeness (QED) is 0.707. The minimum atomic E-state index is -0.579. The van der Waals surface area contributed by atoms with Crippen molar-refractivity contribution in [2.24, 2.45) is 5.92 Å². The fraction of sp³-hybridized carbons (Fsp3) is 0.200. The Morgan fingerprint density at radius 1 is 1.00 bits per heavy atom. The number of hydrogen-bond donors (Lipinski definition) is 1. The number of aliphatic hydroxyl groups excluding tert-OH is 1. The van der Waals surface area contributed by atoms with Gasteiger partial charge in [-0.15, -0.1) is 0 Å². The topological polar surface area (TPSA) is 20.2 Å². The summed E-state index contributed by atoms with van der Waals surface area (Å²) in [7, 11) is 0. The predicted octanol–water partition coefficient (Wildman–Crippen LogP) is 2.60. The summed E-state index contributed by atoms with van der Waals surface area (Å²) in [5.41, 5.74) is 13.4. The van der Waals surface area contributed by atoms with Crippen LogP contribution in [0.25, 0.3) is 0 Å². The SMILES string of the molecule is CC(C1=C=C=CC=C1)C(O)C1=C=C=CC=C1. The highest BCUT2D eigenvalue weighted by atomic mass is 16.3.